The monoisotopic (exact) mass is 1100 g/mol. The lowest BCUT2D eigenvalue weighted by Crippen LogP contribution is -2.35. The predicted molar refractivity (Wildman–Crippen MR) is 274 cm³/mol. The summed E-state index contributed by atoms with van der Waals surface area (Å²) in [6.45, 7) is 11.5. The third-order valence-electron chi connectivity index (χ3n) is 12.5. The Morgan fingerprint density at radius 3 is 2.04 bits per heavy atom. The van der Waals surface area contributed by atoms with Crippen LogP contribution in [-0.2, 0) is 79.4 Å². The number of fused-ring (bicyclic) bond motifs is 2. The number of nitrogens with zero attached hydrogens (tertiary/aromatic N) is 3. The van der Waals surface area contributed by atoms with Crippen molar-refractivity contribution in [1.29, 1.82) is 0 Å². The third kappa shape index (κ3) is 17.9. The van der Waals surface area contributed by atoms with Crippen LogP contribution in [0, 0.1) is 0 Å². The SMILES string of the molecule is COCCOCCOCCOCC[N+](CCCS(=O)(=O)O)=c1ccc2c(/C=C/C=C3\N(CCCCCC(=O)ON4C(=O)CCC4=O)c4ccc(S(=O)(=O)O)cc4C3(C)CCCS(=O)(=O)O)cc(C(C)(C)C)oc-2c1. The zero-order valence-corrected chi connectivity index (χ0v) is 45.1. The highest BCUT2D eigenvalue weighted by atomic mass is 32.2. The quantitative estimate of drug-likeness (QED) is 0.0335. The highest BCUT2D eigenvalue weighted by Crippen LogP contribution is 2.51. The number of anilines is 1. The molecule has 0 aromatic heterocycles. The van der Waals surface area contributed by atoms with Gasteiger partial charge in [0, 0.05) is 73.2 Å². The van der Waals surface area contributed by atoms with Crippen LogP contribution in [0.2, 0.25) is 0 Å². The molecular formula is C50H70N3O18S3+. The predicted octanol–water partition coefficient (Wildman–Crippen LogP) is 5.19. The van der Waals surface area contributed by atoms with Crippen molar-refractivity contribution < 1.29 is 81.5 Å². The number of hydrogen-bond acceptors (Lipinski definition) is 16. The summed E-state index contributed by atoms with van der Waals surface area (Å²) in [7, 11) is -11.7. The van der Waals surface area contributed by atoms with Crippen molar-refractivity contribution in [3.63, 3.8) is 0 Å². The first-order valence-corrected chi connectivity index (χ1v) is 29.1. The Morgan fingerprint density at radius 2 is 1.42 bits per heavy atom. The molecule has 1 atom stereocenters. The number of hydroxylamine groups is 2. The van der Waals surface area contributed by atoms with E-state index in [1.165, 1.54) is 12.1 Å². The summed E-state index contributed by atoms with van der Waals surface area (Å²) in [4.78, 5) is 43.1. The van der Waals surface area contributed by atoms with E-state index >= 15 is 0 Å². The first kappa shape index (κ1) is 60.0. The summed E-state index contributed by atoms with van der Waals surface area (Å²) >= 11 is 0. The second kappa shape index (κ2) is 26.7. The molecule has 24 heteroatoms. The van der Waals surface area contributed by atoms with Gasteiger partial charge in [0.15, 0.2) is 6.54 Å². The fourth-order valence-electron chi connectivity index (χ4n) is 8.64. The molecule has 0 radical (unpaired) electrons. The van der Waals surface area contributed by atoms with Crippen LogP contribution in [0.1, 0.15) is 102 Å². The molecule has 21 nitrogen and oxygen atoms in total. The molecule has 1 aliphatic carbocycles. The minimum atomic E-state index is -4.66. The molecule has 0 saturated carbocycles. The number of carbonyl (C=O) groups excluding carboxylic acids is 3. The van der Waals surface area contributed by atoms with Gasteiger partial charge in [0.25, 0.3) is 42.2 Å². The fraction of sp³-hybridized carbons (Fsp3) is 0.560. The molecule has 3 heterocycles. The molecule has 0 spiro atoms. The van der Waals surface area contributed by atoms with E-state index < -0.39 is 70.5 Å². The largest absolute Gasteiger partial charge is 0.460 e. The van der Waals surface area contributed by atoms with E-state index in [-0.39, 0.29) is 56.6 Å². The normalized spacial score (nSPS) is 17.6. The number of allylic oxidation sites excluding steroid dienone is 3. The van der Waals surface area contributed by atoms with Gasteiger partial charge in [-0.15, -0.1) is 5.06 Å². The van der Waals surface area contributed by atoms with Gasteiger partial charge in [-0.2, -0.15) is 25.3 Å². The fourth-order valence-corrected chi connectivity index (χ4v) is 10.2. The number of imide groups is 1. The summed E-state index contributed by atoms with van der Waals surface area (Å²) in [5.74, 6) is -1.72. The number of hydrogen-bond donors (Lipinski definition) is 3. The van der Waals surface area contributed by atoms with Crippen molar-refractivity contribution in [2.24, 2.45) is 0 Å². The van der Waals surface area contributed by atoms with Crippen LogP contribution < -0.4 is 14.8 Å². The van der Waals surface area contributed by atoms with Crippen molar-refractivity contribution >= 4 is 59.9 Å². The molecule has 0 bridgehead atoms. The third-order valence-corrected chi connectivity index (χ3v) is 14.9. The number of amides is 2. The number of ether oxygens (including phenoxy) is 4. The van der Waals surface area contributed by atoms with Crippen molar-refractivity contribution in [3.05, 3.63) is 82.6 Å². The maximum atomic E-state index is 12.5. The topological polar surface area (TPSA) is 283 Å². The van der Waals surface area contributed by atoms with Gasteiger partial charge in [-0.1, -0.05) is 39.3 Å². The van der Waals surface area contributed by atoms with E-state index in [9.17, 15) is 53.3 Å². The van der Waals surface area contributed by atoms with E-state index in [1.54, 1.807) is 13.2 Å². The second-order valence-electron chi connectivity index (χ2n) is 19.2. The van der Waals surface area contributed by atoms with Gasteiger partial charge in [0.2, 0.25) is 5.36 Å². The number of benzene rings is 2. The number of carbonyl (C=O) groups is 3. The molecule has 1 unspecified atom stereocenters. The zero-order valence-electron chi connectivity index (χ0n) is 42.7. The van der Waals surface area contributed by atoms with Gasteiger partial charge in [-0.25, -0.2) is 9.37 Å². The molecule has 3 N–H and O–H groups in total. The summed E-state index contributed by atoms with van der Waals surface area (Å²) in [6, 6.07) is 11.8. The zero-order chi connectivity index (χ0) is 54.3. The Labute approximate surface area is 433 Å². The summed E-state index contributed by atoms with van der Waals surface area (Å²) in [5, 5.41) is 1.22. The van der Waals surface area contributed by atoms with Crippen molar-refractivity contribution in [2.75, 3.05) is 89.4 Å². The summed E-state index contributed by atoms with van der Waals surface area (Å²) in [6.07, 6.45) is 7.05. The standard InChI is InChI=1S/C50H69N3O18S3/c1-49(2,3)45-34-37(40-17-15-38(35-43(40)70-45)51(22-11-33-73(60,61)62)24-25-67-28-29-69-31-30-68-27-26-66-5)12-9-13-44-50(4,21-10-32-72(57,58)59)41-36-39(74(63,64)65)16-18-42(41)52(44)23-8-6-7-14-48(56)71-53-46(54)19-20-47(53)55/h9,12-13,15-18,34-36H,6-8,10-11,14,19-33H2,1-5H3,(H2-,57,58,59,60,61,62,63,64,65)/p+1. The van der Waals surface area contributed by atoms with E-state index in [1.807, 2.05) is 79.7 Å². The first-order valence-electron chi connectivity index (χ1n) is 24.4. The van der Waals surface area contributed by atoms with E-state index in [0.29, 0.717) is 111 Å². The average Bonchev–Trinajstić information content (AvgIpc) is 3.74. The maximum absolute atomic E-state index is 12.5. The Kier molecular flexibility index (Phi) is 21.7. The second-order valence-corrected chi connectivity index (χ2v) is 23.8. The van der Waals surface area contributed by atoms with Crippen LogP contribution in [0.4, 0.5) is 5.69 Å². The van der Waals surface area contributed by atoms with E-state index in [0.717, 1.165) is 11.1 Å². The molecule has 2 amide bonds. The number of methoxy groups -OCH3 is 1. The lowest BCUT2D eigenvalue weighted by Gasteiger charge is -2.30. The van der Waals surface area contributed by atoms with Crippen LogP contribution in [0.15, 0.2) is 69.6 Å². The van der Waals surface area contributed by atoms with Crippen LogP contribution in [-0.4, -0.2) is 146 Å². The molecule has 1 aromatic carbocycles. The molecule has 3 aliphatic heterocycles. The molecule has 5 rings (SSSR count). The van der Waals surface area contributed by atoms with Crippen molar-refractivity contribution in [3.8, 4) is 11.3 Å². The van der Waals surface area contributed by atoms with Gasteiger partial charge in [0.05, 0.1) is 62.1 Å². The Morgan fingerprint density at radius 1 is 0.784 bits per heavy atom. The lowest BCUT2D eigenvalue weighted by molar-refractivity contribution is -0.197. The summed E-state index contributed by atoms with van der Waals surface area (Å²) in [5.41, 5.74) is 1.72. The van der Waals surface area contributed by atoms with Crippen LogP contribution in [0.5, 0.6) is 0 Å². The number of rotatable bonds is 30. The van der Waals surface area contributed by atoms with Gasteiger partial charge >= 0.3 is 5.97 Å². The molecule has 1 saturated heterocycles. The molecule has 4 aliphatic rings. The number of unbranched alkanes of at least 4 members (excludes halogenated alkanes) is 2. The van der Waals surface area contributed by atoms with Crippen LogP contribution in [0.25, 0.3) is 17.4 Å². The smallest absolute Gasteiger partial charge is 0.333 e. The molecule has 1 aromatic rings. The van der Waals surface area contributed by atoms with Gasteiger partial charge < -0.3 is 33.1 Å². The molecule has 74 heavy (non-hydrogen) atoms. The van der Waals surface area contributed by atoms with Crippen LogP contribution in [0.3, 0.4) is 0 Å². The Bertz CT molecular complexity index is 2870. The Balaban J connectivity index is 1.48. The molecular weight excluding hydrogens is 1030 g/mol. The van der Waals surface area contributed by atoms with Gasteiger partial charge in [-0.05, 0) is 80.1 Å². The minimum absolute atomic E-state index is 0.00869. The Hall–Kier alpha value is -4.89. The molecule has 410 valence electrons. The van der Waals surface area contributed by atoms with Crippen molar-refractivity contribution in [2.45, 2.75) is 101 Å². The first-order chi connectivity index (χ1) is 34.8. The maximum Gasteiger partial charge on any atom is 0.333 e. The molecule has 1 fully saturated rings. The average molecular weight is 1100 g/mol. The summed E-state index contributed by atoms with van der Waals surface area (Å²) < 4.78 is 132. The van der Waals surface area contributed by atoms with Gasteiger partial charge in [0.1, 0.15) is 24.7 Å². The van der Waals surface area contributed by atoms with E-state index in [2.05, 4.69) is 0 Å². The van der Waals surface area contributed by atoms with Crippen molar-refractivity contribution in [1.82, 2.24) is 9.64 Å². The highest BCUT2D eigenvalue weighted by Gasteiger charge is 2.44. The van der Waals surface area contributed by atoms with Gasteiger partial charge in [-0.3, -0.25) is 23.2 Å². The van der Waals surface area contributed by atoms with Crippen LogP contribution >= 0.6 is 0 Å². The highest BCUT2D eigenvalue weighted by molar-refractivity contribution is 7.86. The minimum Gasteiger partial charge on any atom is -0.460 e. The van der Waals surface area contributed by atoms with E-state index in [4.69, 9.17) is 28.2 Å². The lowest BCUT2D eigenvalue weighted by atomic mass is 9.77.